The summed E-state index contributed by atoms with van der Waals surface area (Å²) in [6, 6.07) is 17.4. The Morgan fingerprint density at radius 2 is 1.87 bits per heavy atom. The minimum Gasteiger partial charge on any atom is -0.354 e. The Bertz CT molecular complexity index is 1150. The first kappa shape index (κ1) is 20.8. The highest BCUT2D eigenvalue weighted by molar-refractivity contribution is 5.92. The van der Waals surface area contributed by atoms with Gasteiger partial charge in [-0.1, -0.05) is 42.0 Å². The number of aromatic nitrogens is 2. The van der Waals surface area contributed by atoms with E-state index in [0.717, 1.165) is 30.3 Å². The molecule has 0 atom stereocenters. The molecule has 4 rings (SSSR count). The van der Waals surface area contributed by atoms with E-state index in [1.807, 2.05) is 66.5 Å². The molecule has 0 unspecified atom stereocenters. The maximum Gasteiger partial charge on any atom is 0.350 e. The Hall–Kier alpha value is -3.41. The number of fused-ring (bicyclic) bond motifs is 1. The topological polar surface area (TPSA) is 67.2 Å². The highest BCUT2D eigenvalue weighted by Crippen LogP contribution is 2.27. The molecule has 2 aromatic carbocycles. The number of rotatable bonds is 7. The van der Waals surface area contributed by atoms with Crippen molar-refractivity contribution in [3.8, 4) is 0 Å². The van der Waals surface area contributed by atoms with Crippen molar-refractivity contribution in [2.24, 2.45) is 0 Å². The third-order valence-corrected chi connectivity index (χ3v) is 5.78. The minimum absolute atomic E-state index is 0.0409. The summed E-state index contributed by atoms with van der Waals surface area (Å²) in [6.45, 7) is 0.556. The molecule has 0 fully saturated rings. The molecular formula is C25H28N4O2. The molecule has 1 aliphatic carbocycles. The summed E-state index contributed by atoms with van der Waals surface area (Å²) < 4.78 is 1.45. The second kappa shape index (κ2) is 9.60. The molecule has 1 aliphatic rings. The lowest BCUT2D eigenvalue weighted by Gasteiger charge is -2.21. The van der Waals surface area contributed by atoms with Crippen LogP contribution in [0.1, 0.15) is 32.1 Å². The van der Waals surface area contributed by atoms with Crippen molar-refractivity contribution in [3.05, 3.63) is 76.7 Å². The predicted molar refractivity (Wildman–Crippen MR) is 125 cm³/mol. The van der Waals surface area contributed by atoms with Crippen molar-refractivity contribution in [3.63, 3.8) is 0 Å². The summed E-state index contributed by atoms with van der Waals surface area (Å²) in [5.74, 6) is 0.405. The third-order valence-electron chi connectivity index (χ3n) is 5.78. The number of hydrogen-bond donors (Lipinski definition) is 1. The van der Waals surface area contributed by atoms with E-state index >= 15 is 0 Å². The van der Waals surface area contributed by atoms with E-state index in [9.17, 15) is 9.59 Å². The minimum atomic E-state index is -0.429. The van der Waals surface area contributed by atoms with Crippen LogP contribution in [0.4, 0.5) is 11.5 Å². The Morgan fingerprint density at radius 3 is 2.65 bits per heavy atom. The number of nitrogens with zero attached hydrogens (tertiary/aromatic N) is 3. The summed E-state index contributed by atoms with van der Waals surface area (Å²) >= 11 is 0. The number of hydrogen-bond acceptors (Lipinski definition) is 4. The molecule has 1 amide bonds. The van der Waals surface area contributed by atoms with Crippen LogP contribution < -0.4 is 15.9 Å². The smallest absolute Gasteiger partial charge is 0.350 e. The summed E-state index contributed by atoms with van der Waals surface area (Å²) in [4.78, 5) is 31.7. The number of allylic oxidation sites excluding steroid dienone is 1. The van der Waals surface area contributed by atoms with E-state index in [0.29, 0.717) is 17.9 Å². The van der Waals surface area contributed by atoms with Crippen LogP contribution in [0.25, 0.3) is 10.9 Å². The van der Waals surface area contributed by atoms with Gasteiger partial charge in [-0.2, -0.15) is 4.98 Å². The van der Waals surface area contributed by atoms with Crippen LogP contribution in [-0.4, -0.2) is 29.1 Å². The molecule has 0 saturated carbocycles. The molecule has 6 heteroatoms. The second-order valence-corrected chi connectivity index (χ2v) is 7.92. The molecule has 0 saturated heterocycles. The van der Waals surface area contributed by atoms with Crippen LogP contribution in [0, 0.1) is 0 Å². The fourth-order valence-corrected chi connectivity index (χ4v) is 4.09. The normalized spacial score (nSPS) is 13.6. The maximum absolute atomic E-state index is 12.9. The lowest BCUT2D eigenvalue weighted by atomic mass is 9.97. The van der Waals surface area contributed by atoms with Crippen molar-refractivity contribution in [2.75, 3.05) is 18.5 Å². The van der Waals surface area contributed by atoms with Crippen molar-refractivity contribution in [2.45, 2.75) is 38.6 Å². The number of nitrogens with one attached hydrogen (secondary N) is 1. The van der Waals surface area contributed by atoms with E-state index in [-0.39, 0.29) is 12.5 Å². The molecule has 1 heterocycles. The molecule has 1 N–H and O–H groups in total. The molecular weight excluding hydrogens is 388 g/mol. The van der Waals surface area contributed by atoms with E-state index in [2.05, 4.69) is 16.4 Å². The SMILES string of the molecule is CN(c1ccccc1)c1nc(=O)n(CC(=O)NCCC2=CCCCC2)c2ccccc12. The first-order chi connectivity index (χ1) is 15.1. The Labute approximate surface area is 182 Å². The summed E-state index contributed by atoms with van der Waals surface area (Å²) in [7, 11) is 1.89. The zero-order valence-corrected chi connectivity index (χ0v) is 17.9. The highest BCUT2D eigenvalue weighted by atomic mass is 16.2. The van der Waals surface area contributed by atoms with Gasteiger partial charge in [0, 0.05) is 24.7 Å². The number of para-hydroxylation sites is 2. The zero-order valence-electron chi connectivity index (χ0n) is 17.9. The Morgan fingerprint density at radius 1 is 1.10 bits per heavy atom. The third kappa shape index (κ3) is 4.85. The molecule has 3 aromatic rings. The van der Waals surface area contributed by atoms with Gasteiger partial charge in [0.25, 0.3) is 0 Å². The fourth-order valence-electron chi connectivity index (χ4n) is 4.09. The van der Waals surface area contributed by atoms with Gasteiger partial charge < -0.3 is 10.2 Å². The van der Waals surface area contributed by atoms with Gasteiger partial charge in [0.15, 0.2) is 0 Å². The molecule has 31 heavy (non-hydrogen) atoms. The molecule has 0 radical (unpaired) electrons. The Kier molecular flexibility index (Phi) is 6.46. The average molecular weight is 417 g/mol. The van der Waals surface area contributed by atoms with E-state index in [1.54, 1.807) is 0 Å². The van der Waals surface area contributed by atoms with Gasteiger partial charge in [0.1, 0.15) is 12.4 Å². The lowest BCUT2D eigenvalue weighted by Crippen LogP contribution is -2.35. The molecule has 1 aromatic heterocycles. The van der Waals surface area contributed by atoms with Crippen LogP contribution in [0.15, 0.2) is 71.0 Å². The Balaban J connectivity index is 1.55. The summed E-state index contributed by atoms with van der Waals surface area (Å²) in [5, 5.41) is 3.78. The van der Waals surface area contributed by atoms with Crippen LogP contribution in [0.3, 0.4) is 0 Å². The quantitative estimate of drug-likeness (QED) is 0.587. The lowest BCUT2D eigenvalue weighted by molar-refractivity contribution is -0.121. The number of amides is 1. The number of carbonyl (C=O) groups excluding carboxylic acids is 1. The van der Waals surface area contributed by atoms with Crippen LogP contribution in [0.2, 0.25) is 0 Å². The van der Waals surface area contributed by atoms with Gasteiger partial charge in [-0.05, 0) is 56.4 Å². The van der Waals surface area contributed by atoms with Crippen LogP contribution in [-0.2, 0) is 11.3 Å². The highest BCUT2D eigenvalue weighted by Gasteiger charge is 2.16. The molecule has 6 nitrogen and oxygen atoms in total. The predicted octanol–water partition coefficient (Wildman–Crippen LogP) is 4.17. The van der Waals surface area contributed by atoms with Crippen molar-refractivity contribution < 1.29 is 4.79 Å². The molecule has 160 valence electrons. The van der Waals surface area contributed by atoms with Gasteiger partial charge in [0.05, 0.1) is 5.52 Å². The molecule has 0 bridgehead atoms. The largest absolute Gasteiger partial charge is 0.354 e. The van der Waals surface area contributed by atoms with Crippen LogP contribution in [0.5, 0.6) is 0 Å². The molecule has 0 spiro atoms. The summed E-state index contributed by atoms with van der Waals surface area (Å²) in [5.41, 5.74) is 2.63. The number of benzene rings is 2. The average Bonchev–Trinajstić information content (AvgIpc) is 2.81. The molecule has 0 aliphatic heterocycles. The van der Waals surface area contributed by atoms with Gasteiger partial charge in [0.2, 0.25) is 5.91 Å². The van der Waals surface area contributed by atoms with Gasteiger partial charge >= 0.3 is 5.69 Å². The number of anilines is 2. The van der Waals surface area contributed by atoms with E-state index in [4.69, 9.17) is 0 Å². The van der Waals surface area contributed by atoms with Crippen LogP contribution >= 0.6 is 0 Å². The zero-order chi connectivity index (χ0) is 21.6. The summed E-state index contributed by atoms with van der Waals surface area (Å²) in [6.07, 6.45) is 7.92. The fraction of sp³-hybridized carbons (Fsp3) is 0.320. The van der Waals surface area contributed by atoms with E-state index in [1.165, 1.54) is 23.0 Å². The van der Waals surface area contributed by atoms with Gasteiger partial charge in [-0.3, -0.25) is 9.36 Å². The first-order valence-electron chi connectivity index (χ1n) is 10.9. The van der Waals surface area contributed by atoms with Crippen molar-refractivity contribution in [1.29, 1.82) is 0 Å². The maximum atomic E-state index is 12.9. The number of carbonyl (C=O) groups is 1. The van der Waals surface area contributed by atoms with E-state index < -0.39 is 5.69 Å². The second-order valence-electron chi connectivity index (χ2n) is 7.92. The van der Waals surface area contributed by atoms with Gasteiger partial charge in [-0.15, -0.1) is 0 Å². The van der Waals surface area contributed by atoms with Crippen molar-refractivity contribution >= 4 is 28.3 Å². The first-order valence-corrected chi connectivity index (χ1v) is 10.9. The standard InChI is InChI=1S/C25H28N4O2/c1-28(20-12-6-3-7-13-20)24-21-14-8-9-15-22(21)29(25(31)27-24)18-23(30)26-17-16-19-10-4-2-5-11-19/h3,6-10,12-15H,2,4-5,11,16-18H2,1H3,(H,26,30). The van der Waals surface area contributed by atoms with Crippen molar-refractivity contribution in [1.82, 2.24) is 14.9 Å². The van der Waals surface area contributed by atoms with Gasteiger partial charge in [-0.25, -0.2) is 4.79 Å². The monoisotopic (exact) mass is 416 g/mol.